The lowest BCUT2D eigenvalue weighted by molar-refractivity contribution is -0.359. The fraction of sp³-hybridized carbons (Fsp3) is 0.981. The first-order chi connectivity index (χ1) is 32.1. The third-order valence-electron chi connectivity index (χ3n) is 13.8. The number of ether oxygens (including phenoxy) is 4. The van der Waals surface area contributed by atoms with E-state index in [1.165, 1.54) is 148 Å². The lowest BCUT2D eigenvalue weighted by Crippen LogP contribution is -2.65. The van der Waals surface area contributed by atoms with Crippen molar-refractivity contribution < 1.29 is 64.6 Å². The number of aliphatic hydroxyl groups is 8. The number of unbranched alkanes of at least 4 members (excludes halogenated alkanes) is 30. The summed E-state index contributed by atoms with van der Waals surface area (Å²) in [7, 11) is 0. The highest BCUT2D eigenvalue weighted by Crippen LogP contribution is 2.30. The first kappa shape index (κ1) is 61.1. The number of carbonyl (C=O) groups is 1. The number of hydrogen-bond donors (Lipinski definition) is 9. The summed E-state index contributed by atoms with van der Waals surface area (Å²) in [6.45, 7) is 2.80. The van der Waals surface area contributed by atoms with Crippen molar-refractivity contribution in [3.05, 3.63) is 0 Å². The lowest BCUT2D eigenvalue weighted by atomic mass is 9.97. The number of aliphatic hydroxyl groups excluding tert-OH is 8. The van der Waals surface area contributed by atoms with E-state index in [1.54, 1.807) is 0 Å². The summed E-state index contributed by atoms with van der Waals surface area (Å²) < 4.78 is 22.7. The average molecular weight is 948 g/mol. The molecule has 2 rings (SSSR count). The van der Waals surface area contributed by atoms with E-state index in [9.17, 15) is 45.6 Å². The van der Waals surface area contributed by atoms with Crippen molar-refractivity contribution in [1.82, 2.24) is 5.32 Å². The van der Waals surface area contributed by atoms with E-state index in [-0.39, 0.29) is 12.5 Å². The number of amides is 1. The van der Waals surface area contributed by atoms with Crippen LogP contribution in [-0.2, 0) is 23.7 Å². The zero-order chi connectivity index (χ0) is 48.2. The summed E-state index contributed by atoms with van der Waals surface area (Å²) >= 11 is 0. The zero-order valence-corrected chi connectivity index (χ0v) is 41.7. The van der Waals surface area contributed by atoms with E-state index >= 15 is 0 Å². The van der Waals surface area contributed by atoms with E-state index in [2.05, 4.69) is 19.2 Å². The molecule has 14 heteroatoms. The molecule has 14 nitrogen and oxygen atoms in total. The molecule has 9 N–H and O–H groups in total. The van der Waals surface area contributed by atoms with E-state index in [0.29, 0.717) is 12.8 Å². The van der Waals surface area contributed by atoms with Crippen LogP contribution in [0.2, 0.25) is 0 Å². The van der Waals surface area contributed by atoms with Gasteiger partial charge < -0.3 is 65.1 Å². The Hall–Kier alpha value is -1.01. The topological polar surface area (TPSA) is 228 Å². The molecular formula is C52H101NO13. The van der Waals surface area contributed by atoms with Gasteiger partial charge in [0.1, 0.15) is 48.8 Å². The molecule has 1 amide bonds. The highest BCUT2D eigenvalue weighted by molar-refractivity contribution is 5.76. The summed E-state index contributed by atoms with van der Waals surface area (Å²) in [5, 5.41) is 86.7. The summed E-state index contributed by atoms with van der Waals surface area (Å²) in [5.41, 5.74) is 0. The number of nitrogens with one attached hydrogen (secondary N) is 1. The van der Waals surface area contributed by atoms with E-state index in [4.69, 9.17) is 18.9 Å². The SMILES string of the molecule is CCCCCCCCCCCCCCCCCCCCCCCCCCCCC(O)C(COC1OC(CO)C(OC2OC(CO)C(O)C(O)C2O)C(O)C1O)NC(=O)CCCCCCCC. The Morgan fingerprint density at radius 2 is 0.864 bits per heavy atom. The number of hydrogen-bond acceptors (Lipinski definition) is 13. The zero-order valence-electron chi connectivity index (χ0n) is 41.7. The number of rotatable bonds is 43. The monoisotopic (exact) mass is 948 g/mol. The van der Waals surface area contributed by atoms with Gasteiger partial charge in [-0.3, -0.25) is 4.79 Å². The molecular weight excluding hydrogens is 847 g/mol. The Morgan fingerprint density at radius 1 is 0.485 bits per heavy atom. The highest BCUT2D eigenvalue weighted by Gasteiger charge is 2.51. The smallest absolute Gasteiger partial charge is 0.220 e. The highest BCUT2D eigenvalue weighted by atomic mass is 16.7. The molecule has 0 spiro atoms. The quantitative estimate of drug-likeness (QED) is 0.0267. The predicted molar refractivity (Wildman–Crippen MR) is 259 cm³/mol. The molecule has 2 heterocycles. The first-order valence-corrected chi connectivity index (χ1v) is 27.3. The van der Waals surface area contributed by atoms with Crippen molar-refractivity contribution in [2.45, 2.75) is 306 Å². The van der Waals surface area contributed by atoms with Crippen LogP contribution in [0.5, 0.6) is 0 Å². The van der Waals surface area contributed by atoms with Crippen molar-refractivity contribution in [1.29, 1.82) is 0 Å². The Labute approximate surface area is 400 Å². The van der Waals surface area contributed by atoms with Gasteiger partial charge in [0.2, 0.25) is 5.91 Å². The summed E-state index contributed by atoms with van der Waals surface area (Å²) in [5.74, 6) is -0.213. The second-order valence-corrected chi connectivity index (χ2v) is 19.7. The van der Waals surface area contributed by atoms with E-state index in [0.717, 1.165) is 57.8 Å². The van der Waals surface area contributed by atoms with Crippen molar-refractivity contribution in [2.75, 3.05) is 19.8 Å². The lowest BCUT2D eigenvalue weighted by Gasteiger charge is -2.46. The maximum absolute atomic E-state index is 13.0. The molecule has 2 fully saturated rings. The second-order valence-electron chi connectivity index (χ2n) is 19.7. The van der Waals surface area contributed by atoms with Gasteiger partial charge in [-0.05, 0) is 12.8 Å². The number of carbonyl (C=O) groups excluding carboxylic acids is 1. The van der Waals surface area contributed by atoms with E-state index in [1.807, 2.05) is 0 Å². The van der Waals surface area contributed by atoms with Crippen LogP contribution in [0.15, 0.2) is 0 Å². The van der Waals surface area contributed by atoms with Gasteiger partial charge in [0.25, 0.3) is 0 Å². The first-order valence-electron chi connectivity index (χ1n) is 27.3. The fourth-order valence-corrected chi connectivity index (χ4v) is 9.36. The maximum Gasteiger partial charge on any atom is 0.220 e. The van der Waals surface area contributed by atoms with Gasteiger partial charge in [0.05, 0.1) is 32.0 Å². The van der Waals surface area contributed by atoms with Crippen LogP contribution >= 0.6 is 0 Å². The molecule has 66 heavy (non-hydrogen) atoms. The van der Waals surface area contributed by atoms with Gasteiger partial charge >= 0.3 is 0 Å². The van der Waals surface area contributed by atoms with Crippen LogP contribution in [0.1, 0.15) is 232 Å². The molecule has 0 aromatic heterocycles. The van der Waals surface area contributed by atoms with Crippen LogP contribution in [-0.4, -0.2) is 140 Å². The van der Waals surface area contributed by atoms with Gasteiger partial charge in [-0.1, -0.05) is 213 Å². The minimum atomic E-state index is -1.78. The average Bonchev–Trinajstić information content (AvgIpc) is 3.31. The molecule has 0 radical (unpaired) electrons. The Morgan fingerprint density at radius 3 is 1.29 bits per heavy atom. The minimum Gasteiger partial charge on any atom is -0.394 e. The standard InChI is InChI=1S/C52H101NO13/c1-3-5-7-9-11-12-13-14-15-16-17-18-19-20-21-22-23-24-25-26-27-28-29-30-31-33-35-41(56)40(53-44(57)36-34-32-10-8-6-4-2)39-63-51-49(62)47(60)50(43(38-55)65-51)66-52-48(61)46(59)45(58)42(37-54)64-52/h40-43,45-52,54-56,58-62H,3-39H2,1-2H3,(H,53,57). The maximum atomic E-state index is 13.0. The molecule has 2 saturated heterocycles. The van der Waals surface area contributed by atoms with Crippen molar-refractivity contribution >= 4 is 5.91 Å². The second kappa shape index (κ2) is 39.7. The molecule has 0 aromatic carbocycles. The molecule has 0 bridgehead atoms. The van der Waals surface area contributed by atoms with Gasteiger partial charge in [-0.25, -0.2) is 0 Å². The molecule has 392 valence electrons. The van der Waals surface area contributed by atoms with E-state index < -0.39 is 86.8 Å². The Bertz CT molecular complexity index is 1120. The summed E-state index contributed by atoms with van der Waals surface area (Å²) in [6.07, 6.45) is 24.5. The molecule has 2 aliphatic rings. The van der Waals surface area contributed by atoms with Crippen LogP contribution in [0.4, 0.5) is 0 Å². The summed E-state index contributed by atoms with van der Waals surface area (Å²) in [4.78, 5) is 13.0. The normalized spacial score (nSPS) is 26.7. The van der Waals surface area contributed by atoms with Crippen molar-refractivity contribution in [3.63, 3.8) is 0 Å². The third-order valence-corrected chi connectivity index (χ3v) is 13.8. The van der Waals surface area contributed by atoms with Crippen LogP contribution < -0.4 is 5.32 Å². The third kappa shape index (κ3) is 26.3. The molecule has 0 aromatic rings. The Balaban J connectivity index is 1.65. The van der Waals surface area contributed by atoms with Gasteiger partial charge in [-0.15, -0.1) is 0 Å². The molecule has 2 aliphatic heterocycles. The van der Waals surface area contributed by atoms with Gasteiger partial charge in [0.15, 0.2) is 12.6 Å². The minimum absolute atomic E-state index is 0.213. The van der Waals surface area contributed by atoms with Gasteiger partial charge in [-0.2, -0.15) is 0 Å². The fourth-order valence-electron chi connectivity index (χ4n) is 9.36. The largest absolute Gasteiger partial charge is 0.394 e. The molecule has 0 aliphatic carbocycles. The summed E-state index contributed by atoms with van der Waals surface area (Å²) in [6, 6.07) is -0.819. The molecule has 12 unspecified atom stereocenters. The van der Waals surface area contributed by atoms with Crippen molar-refractivity contribution in [2.24, 2.45) is 0 Å². The molecule has 0 saturated carbocycles. The van der Waals surface area contributed by atoms with Crippen LogP contribution in [0.3, 0.4) is 0 Å². The van der Waals surface area contributed by atoms with Gasteiger partial charge in [0, 0.05) is 6.42 Å². The Kier molecular flexibility index (Phi) is 36.7. The van der Waals surface area contributed by atoms with Crippen LogP contribution in [0, 0.1) is 0 Å². The van der Waals surface area contributed by atoms with Crippen LogP contribution in [0.25, 0.3) is 0 Å². The van der Waals surface area contributed by atoms with Crippen molar-refractivity contribution in [3.8, 4) is 0 Å². The molecule has 12 atom stereocenters. The predicted octanol–water partition coefficient (Wildman–Crippen LogP) is 7.78.